The van der Waals surface area contributed by atoms with Crippen LogP contribution in [0.3, 0.4) is 0 Å². The van der Waals surface area contributed by atoms with Gasteiger partial charge < -0.3 is 18.6 Å². The Morgan fingerprint density at radius 2 is 1.03 bits per heavy atom. The maximum Gasteiger partial charge on any atom is 0.0629 e. The van der Waals surface area contributed by atoms with Gasteiger partial charge in [0, 0.05) is 61.6 Å². The van der Waals surface area contributed by atoms with E-state index in [1.54, 1.807) is 0 Å². The molecule has 14 rings (SSSR count). The Morgan fingerprint density at radius 1 is 0.438 bits per heavy atom. The number of anilines is 2. The fraction of sp³-hybridized carbons (Fsp3) is 0.100. The molecule has 64 heavy (non-hydrogen) atoms. The summed E-state index contributed by atoms with van der Waals surface area (Å²) in [4.78, 5) is 2.53. The zero-order chi connectivity index (χ0) is 41.9. The van der Waals surface area contributed by atoms with Crippen molar-refractivity contribution in [2.45, 2.75) is 37.6 Å². The van der Waals surface area contributed by atoms with Gasteiger partial charge in [0.1, 0.15) is 0 Å². The van der Waals surface area contributed by atoms with Crippen LogP contribution in [0.2, 0.25) is 0 Å². The fourth-order valence-electron chi connectivity index (χ4n) is 11.8. The highest BCUT2D eigenvalue weighted by atomic mass is 15.2. The Bertz CT molecular complexity index is 3670. The Balaban J connectivity index is 0.834. The molecule has 0 fully saturated rings. The first kappa shape index (κ1) is 35.7. The Morgan fingerprint density at radius 3 is 1.80 bits per heavy atom. The van der Waals surface area contributed by atoms with E-state index in [-0.39, 0.29) is 6.04 Å². The van der Waals surface area contributed by atoms with Gasteiger partial charge in [-0.05, 0) is 126 Å². The van der Waals surface area contributed by atoms with Gasteiger partial charge in [-0.15, -0.1) is 0 Å². The number of hydrogen-bond donors (Lipinski definition) is 0. The van der Waals surface area contributed by atoms with Crippen LogP contribution >= 0.6 is 0 Å². The van der Waals surface area contributed by atoms with E-state index in [4.69, 9.17) is 0 Å². The minimum absolute atomic E-state index is 0.257. The zero-order valence-electron chi connectivity index (χ0n) is 35.4. The van der Waals surface area contributed by atoms with Crippen molar-refractivity contribution in [2.24, 2.45) is 0 Å². The summed E-state index contributed by atoms with van der Waals surface area (Å²) in [5, 5.41) is 5.27. The van der Waals surface area contributed by atoms with Gasteiger partial charge in [0.25, 0.3) is 0 Å². The minimum Gasteiger partial charge on any atom is -0.333 e. The lowest BCUT2D eigenvalue weighted by atomic mass is 9.91. The maximum absolute atomic E-state index is 2.55. The van der Waals surface area contributed by atoms with E-state index >= 15 is 0 Å². The van der Waals surface area contributed by atoms with Crippen molar-refractivity contribution in [3.05, 3.63) is 222 Å². The molecule has 2 unspecified atom stereocenters. The average Bonchev–Trinajstić information content (AvgIpc) is 4.09. The monoisotopic (exact) mass is 820 g/mol. The second-order valence-corrected chi connectivity index (χ2v) is 17.9. The molecule has 7 aromatic carbocycles. The van der Waals surface area contributed by atoms with Gasteiger partial charge in [0.2, 0.25) is 0 Å². The third-order valence-electron chi connectivity index (χ3n) is 14.6. The van der Waals surface area contributed by atoms with Gasteiger partial charge in [-0.1, -0.05) is 134 Å². The SMILES string of the molecule is C1=CC2c3ccccc3N(c3ccc4c5ccccc5n(-c5ccc(-c6ccc(-n7c8c(c9ccccc97)CCC(n7c9c(c%10ccccc%107)CCC=C9)=C8)cc6)cc5)c4c3)C2C=C1. The molecule has 0 radical (unpaired) electrons. The van der Waals surface area contributed by atoms with Crippen LogP contribution in [0.1, 0.15) is 46.8 Å². The fourth-order valence-corrected chi connectivity index (χ4v) is 11.8. The van der Waals surface area contributed by atoms with E-state index in [0.717, 1.165) is 31.4 Å². The number of aryl methyl sites for hydroxylation is 2. The summed E-state index contributed by atoms with van der Waals surface area (Å²) in [6, 6.07) is 61.3. The van der Waals surface area contributed by atoms with Crippen molar-refractivity contribution in [2.75, 3.05) is 4.90 Å². The molecule has 0 bridgehead atoms. The molecule has 4 nitrogen and oxygen atoms in total. The molecule has 4 aliphatic rings. The summed E-state index contributed by atoms with van der Waals surface area (Å²) in [5.41, 5.74) is 20.6. The highest BCUT2D eigenvalue weighted by Crippen LogP contribution is 2.49. The number of rotatable bonds is 5. The first-order valence-corrected chi connectivity index (χ1v) is 22.9. The summed E-state index contributed by atoms with van der Waals surface area (Å²) in [7, 11) is 0. The van der Waals surface area contributed by atoms with Crippen LogP contribution in [-0.2, 0) is 12.8 Å². The number of hydrogen-bond acceptors (Lipinski definition) is 1. The molecular formula is C60H44N4. The predicted molar refractivity (Wildman–Crippen MR) is 268 cm³/mol. The van der Waals surface area contributed by atoms with Crippen molar-refractivity contribution in [1.29, 1.82) is 0 Å². The van der Waals surface area contributed by atoms with Crippen LogP contribution < -0.4 is 4.90 Å². The smallest absolute Gasteiger partial charge is 0.0629 e. The molecule has 304 valence electrons. The molecule has 0 saturated carbocycles. The molecule has 2 atom stereocenters. The van der Waals surface area contributed by atoms with E-state index in [2.05, 4.69) is 225 Å². The van der Waals surface area contributed by atoms with Gasteiger partial charge >= 0.3 is 0 Å². The topological polar surface area (TPSA) is 18.0 Å². The second kappa shape index (κ2) is 13.8. The van der Waals surface area contributed by atoms with Crippen LogP contribution in [0.4, 0.5) is 11.4 Å². The van der Waals surface area contributed by atoms with E-state index in [9.17, 15) is 0 Å². The van der Waals surface area contributed by atoms with Gasteiger partial charge in [-0.3, -0.25) is 0 Å². The molecule has 0 amide bonds. The number of aromatic nitrogens is 3. The third-order valence-corrected chi connectivity index (χ3v) is 14.6. The Labute approximate surface area is 372 Å². The quantitative estimate of drug-likeness (QED) is 0.169. The zero-order valence-corrected chi connectivity index (χ0v) is 35.4. The first-order valence-electron chi connectivity index (χ1n) is 22.9. The first-order chi connectivity index (χ1) is 31.8. The van der Waals surface area contributed by atoms with E-state index in [0.29, 0.717) is 5.92 Å². The third kappa shape index (κ3) is 5.17. The largest absolute Gasteiger partial charge is 0.333 e. The molecule has 0 N–H and O–H groups in total. The van der Waals surface area contributed by atoms with Crippen molar-refractivity contribution < 1.29 is 0 Å². The van der Waals surface area contributed by atoms with Gasteiger partial charge in [-0.25, -0.2) is 0 Å². The molecular weight excluding hydrogens is 777 g/mol. The molecule has 0 saturated heterocycles. The van der Waals surface area contributed by atoms with E-state index in [1.165, 1.54) is 106 Å². The number of benzene rings is 7. The van der Waals surface area contributed by atoms with Crippen LogP contribution in [0.5, 0.6) is 0 Å². The van der Waals surface area contributed by atoms with Gasteiger partial charge in [0.05, 0.1) is 33.8 Å². The molecule has 0 spiro atoms. The maximum atomic E-state index is 2.55. The molecule has 3 aliphatic carbocycles. The van der Waals surface area contributed by atoms with Crippen LogP contribution in [0.25, 0.3) is 84.0 Å². The number of nitrogens with zero attached hydrogens (tertiary/aromatic N) is 4. The van der Waals surface area contributed by atoms with E-state index in [1.807, 2.05) is 0 Å². The lowest BCUT2D eigenvalue weighted by Crippen LogP contribution is -2.28. The van der Waals surface area contributed by atoms with Gasteiger partial charge in [0.15, 0.2) is 0 Å². The molecule has 4 heterocycles. The Hall–Kier alpha value is -7.82. The van der Waals surface area contributed by atoms with Crippen LogP contribution in [-0.4, -0.2) is 19.7 Å². The summed E-state index contributed by atoms with van der Waals surface area (Å²) < 4.78 is 7.48. The summed E-state index contributed by atoms with van der Waals surface area (Å²) in [5.74, 6) is 0.348. The lowest BCUT2D eigenvalue weighted by Gasteiger charge is -2.29. The highest BCUT2D eigenvalue weighted by molar-refractivity contribution is 6.10. The number of fused-ring (bicyclic) bond motifs is 12. The Kier molecular flexibility index (Phi) is 7.73. The van der Waals surface area contributed by atoms with Crippen molar-refractivity contribution in [3.63, 3.8) is 0 Å². The van der Waals surface area contributed by atoms with Crippen LogP contribution in [0.15, 0.2) is 194 Å². The average molecular weight is 821 g/mol. The van der Waals surface area contributed by atoms with Gasteiger partial charge in [-0.2, -0.15) is 0 Å². The molecule has 1 aliphatic heterocycles. The predicted octanol–water partition coefficient (Wildman–Crippen LogP) is 15.0. The summed E-state index contributed by atoms with van der Waals surface area (Å²) >= 11 is 0. The summed E-state index contributed by atoms with van der Waals surface area (Å²) in [6.45, 7) is 0. The normalized spacial score (nSPS) is 17.3. The molecule has 4 heteroatoms. The minimum atomic E-state index is 0.257. The molecule has 3 aromatic heterocycles. The van der Waals surface area contributed by atoms with Crippen molar-refractivity contribution >= 4 is 72.8 Å². The van der Waals surface area contributed by atoms with Crippen molar-refractivity contribution in [3.8, 4) is 22.5 Å². The van der Waals surface area contributed by atoms with Crippen molar-refractivity contribution in [1.82, 2.24) is 13.7 Å². The lowest BCUT2D eigenvalue weighted by molar-refractivity contribution is 0.745. The number of para-hydroxylation sites is 4. The van der Waals surface area contributed by atoms with Crippen LogP contribution in [0, 0.1) is 0 Å². The summed E-state index contributed by atoms with van der Waals surface area (Å²) in [6.07, 6.45) is 20.5. The second-order valence-electron chi connectivity index (χ2n) is 17.9. The molecule has 10 aromatic rings. The van der Waals surface area contributed by atoms with E-state index < -0.39 is 0 Å². The standard InChI is InChI=1S/C60H44N4/c1-9-21-55-45(13-1)46-14-2-10-22-56(46)63(55)43-33-35-51-49-17-5-7-19-53(49)61(59(51)37-43)41-29-25-39(26-30-41)40-27-31-42(32-28-40)62-54-20-8-6-18-50(54)52-36-34-44(38-60(52)62)64-57-23-11-3-15-47(57)48-16-4-12-24-58(48)64/h1-3,5-15,17-33,35,37-38,45,55H,4,16,34,36H2. The highest BCUT2D eigenvalue weighted by Gasteiger charge is 2.37. The number of allylic oxidation sites excluding steroid dienone is 4.